The number of hydrogen-bond donors (Lipinski definition) is 1. The number of nitrogens with zero attached hydrogens (tertiary/aromatic N) is 3. The summed E-state index contributed by atoms with van der Waals surface area (Å²) in [6.07, 6.45) is 2.74. The van der Waals surface area contributed by atoms with Crippen molar-refractivity contribution >= 4 is 0 Å². The normalized spacial score (nSPS) is 28.8. The molecule has 2 saturated heterocycles. The largest absolute Gasteiger partial charge is 0.314 e. The van der Waals surface area contributed by atoms with Gasteiger partial charge in [0.15, 0.2) is 0 Å². The third-order valence-electron chi connectivity index (χ3n) is 4.20. The average Bonchev–Trinajstić information content (AvgIpc) is 2.37. The molecule has 1 atom stereocenters. The smallest absolute Gasteiger partial charge is 0.0221 e. The van der Waals surface area contributed by atoms with Gasteiger partial charge in [0, 0.05) is 51.9 Å². The van der Waals surface area contributed by atoms with Crippen molar-refractivity contribution in [3.05, 3.63) is 0 Å². The maximum absolute atomic E-state index is 3.41. The van der Waals surface area contributed by atoms with Gasteiger partial charge in [-0.25, -0.2) is 0 Å². The van der Waals surface area contributed by atoms with E-state index in [1.165, 1.54) is 52.1 Å². The molecule has 0 spiro atoms. The number of likely N-dealkylation sites (N-methyl/N-ethyl adjacent to an activating group) is 2. The zero-order valence-corrected chi connectivity index (χ0v) is 11.5. The number of likely N-dealkylation sites (tertiary alicyclic amines) is 1. The zero-order valence-electron chi connectivity index (χ0n) is 11.5. The molecular weight excluding hydrogens is 212 g/mol. The lowest BCUT2D eigenvalue weighted by molar-refractivity contribution is 0.117. The van der Waals surface area contributed by atoms with Gasteiger partial charge in [0.05, 0.1) is 0 Å². The number of piperazine rings is 1. The molecule has 100 valence electrons. The van der Waals surface area contributed by atoms with Gasteiger partial charge in [-0.2, -0.15) is 0 Å². The first-order chi connectivity index (χ1) is 8.25. The maximum atomic E-state index is 3.41. The van der Waals surface area contributed by atoms with Crippen molar-refractivity contribution in [2.45, 2.75) is 18.9 Å². The van der Waals surface area contributed by atoms with E-state index in [1.54, 1.807) is 0 Å². The molecule has 2 heterocycles. The lowest BCUT2D eigenvalue weighted by Crippen LogP contribution is -2.49. The third-order valence-corrected chi connectivity index (χ3v) is 4.20. The lowest BCUT2D eigenvalue weighted by Gasteiger charge is -2.37. The highest BCUT2D eigenvalue weighted by molar-refractivity contribution is 4.78. The van der Waals surface area contributed by atoms with Crippen LogP contribution in [-0.4, -0.2) is 87.2 Å². The van der Waals surface area contributed by atoms with Crippen LogP contribution < -0.4 is 5.32 Å². The molecule has 0 aromatic rings. The minimum atomic E-state index is 0.775. The minimum absolute atomic E-state index is 0.775. The predicted octanol–water partition coefficient (Wildman–Crippen LogP) is -0.0824. The third kappa shape index (κ3) is 4.21. The summed E-state index contributed by atoms with van der Waals surface area (Å²) in [7, 11) is 4.54. The fourth-order valence-corrected chi connectivity index (χ4v) is 2.92. The van der Waals surface area contributed by atoms with Crippen LogP contribution in [-0.2, 0) is 0 Å². The summed E-state index contributed by atoms with van der Waals surface area (Å²) in [5.41, 5.74) is 0. The van der Waals surface area contributed by atoms with Gasteiger partial charge < -0.3 is 15.1 Å². The topological polar surface area (TPSA) is 21.8 Å². The molecule has 0 aromatic heterocycles. The highest BCUT2D eigenvalue weighted by Crippen LogP contribution is 2.13. The van der Waals surface area contributed by atoms with Crippen LogP contribution in [0.15, 0.2) is 0 Å². The molecule has 1 unspecified atom stereocenters. The molecule has 0 radical (unpaired) electrons. The Morgan fingerprint density at radius 2 is 2.00 bits per heavy atom. The summed E-state index contributed by atoms with van der Waals surface area (Å²) in [5.74, 6) is 0. The number of piperidine rings is 1. The van der Waals surface area contributed by atoms with Gasteiger partial charge in [0.2, 0.25) is 0 Å². The second-order valence-corrected chi connectivity index (χ2v) is 5.63. The highest BCUT2D eigenvalue weighted by atomic mass is 15.2. The summed E-state index contributed by atoms with van der Waals surface area (Å²) in [6, 6.07) is 0.775. The first kappa shape index (κ1) is 13.3. The number of rotatable bonds is 4. The van der Waals surface area contributed by atoms with Crippen LogP contribution in [0.3, 0.4) is 0 Å². The van der Waals surface area contributed by atoms with Crippen LogP contribution in [0.4, 0.5) is 0 Å². The lowest BCUT2D eigenvalue weighted by atomic mass is 10.1. The van der Waals surface area contributed by atoms with E-state index in [9.17, 15) is 0 Å². The molecule has 0 amide bonds. The number of nitrogens with one attached hydrogen (secondary N) is 1. The highest BCUT2D eigenvalue weighted by Gasteiger charge is 2.21. The van der Waals surface area contributed by atoms with Gasteiger partial charge in [0.1, 0.15) is 0 Å². The van der Waals surface area contributed by atoms with Crippen LogP contribution in [0.1, 0.15) is 12.8 Å². The van der Waals surface area contributed by atoms with Crippen molar-refractivity contribution in [1.29, 1.82) is 0 Å². The monoisotopic (exact) mass is 240 g/mol. The van der Waals surface area contributed by atoms with Crippen molar-refractivity contribution in [2.24, 2.45) is 0 Å². The van der Waals surface area contributed by atoms with E-state index < -0.39 is 0 Å². The quantitative estimate of drug-likeness (QED) is 0.742. The molecule has 17 heavy (non-hydrogen) atoms. The molecule has 0 aromatic carbocycles. The Hall–Kier alpha value is -0.160. The van der Waals surface area contributed by atoms with Crippen molar-refractivity contribution in [2.75, 3.05) is 66.5 Å². The van der Waals surface area contributed by atoms with Gasteiger partial charge in [-0.15, -0.1) is 0 Å². The van der Waals surface area contributed by atoms with Crippen molar-refractivity contribution in [3.63, 3.8) is 0 Å². The van der Waals surface area contributed by atoms with Crippen molar-refractivity contribution in [3.8, 4) is 0 Å². The Balaban J connectivity index is 1.67. The molecule has 2 fully saturated rings. The van der Waals surface area contributed by atoms with E-state index in [2.05, 4.69) is 34.1 Å². The molecular formula is C13H28N4. The van der Waals surface area contributed by atoms with Gasteiger partial charge in [0.25, 0.3) is 0 Å². The maximum Gasteiger partial charge on any atom is 0.0221 e. The van der Waals surface area contributed by atoms with Crippen molar-refractivity contribution < 1.29 is 0 Å². The summed E-state index contributed by atoms with van der Waals surface area (Å²) in [4.78, 5) is 7.62. The fourth-order valence-electron chi connectivity index (χ4n) is 2.92. The second-order valence-electron chi connectivity index (χ2n) is 5.63. The molecule has 0 aliphatic carbocycles. The summed E-state index contributed by atoms with van der Waals surface area (Å²) in [5, 5.41) is 3.41. The van der Waals surface area contributed by atoms with Gasteiger partial charge >= 0.3 is 0 Å². The van der Waals surface area contributed by atoms with Crippen LogP contribution in [0.25, 0.3) is 0 Å². The molecule has 2 aliphatic heterocycles. The van der Waals surface area contributed by atoms with Gasteiger partial charge in [-0.05, 0) is 33.5 Å². The fraction of sp³-hybridized carbons (Fsp3) is 1.00. The average molecular weight is 240 g/mol. The minimum Gasteiger partial charge on any atom is -0.314 e. The van der Waals surface area contributed by atoms with E-state index in [0.717, 1.165) is 19.1 Å². The Morgan fingerprint density at radius 3 is 2.71 bits per heavy atom. The SMILES string of the molecule is CN1CCCC(N(C)CCN2CCNCC2)C1. The zero-order chi connectivity index (χ0) is 12.1. The van der Waals surface area contributed by atoms with E-state index in [-0.39, 0.29) is 0 Å². The first-order valence-corrected chi connectivity index (χ1v) is 7.07. The predicted molar refractivity (Wildman–Crippen MR) is 72.5 cm³/mol. The Kier molecular flexibility index (Phi) is 5.22. The summed E-state index contributed by atoms with van der Waals surface area (Å²) in [6.45, 7) is 9.75. The van der Waals surface area contributed by atoms with E-state index in [4.69, 9.17) is 0 Å². The van der Waals surface area contributed by atoms with Crippen LogP contribution >= 0.6 is 0 Å². The molecule has 2 aliphatic rings. The molecule has 0 saturated carbocycles. The summed E-state index contributed by atoms with van der Waals surface area (Å²) >= 11 is 0. The second kappa shape index (κ2) is 6.69. The molecule has 4 nitrogen and oxygen atoms in total. The first-order valence-electron chi connectivity index (χ1n) is 7.07. The van der Waals surface area contributed by atoms with E-state index in [1.807, 2.05) is 0 Å². The molecule has 1 N–H and O–H groups in total. The Bertz CT molecular complexity index is 215. The molecule has 4 heteroatoms. The van der Waals surface area contributed by atoms with Crippen LogP contribution in [0.2, 0.25) is 0 Å². The Labute approximate surface area is 106 Å². The standard InChI is InChI=1S/C13H28N4/c1-15-7-3-4-13(12-15)16(2)10-11-17-8-5-14-6-9-17/h13-14H,3-12H2,1-2H3. The van der Waals surface area contributed by atoms with Crippen LogP contribution in [0.5, 0.6) is 0 Å². The van der Waals surface area contributed by atoms with Gasteiger partial charge in [-0.1, -0.05) is 0 Å². The number of hydrogen-bond acceptors (Lipinski definition) is 4. The van der Waals surface area contributed by atoms with Gasteiger partial charge in [-0.3, -0.25) is 4.90 Å². The van der Waals surface area contributed by atoms with Crippen molar-refractivity contribution in [1.82, 2.24) is 20.0 Å². The Morgan fingerprint density at radius 1 is 1.24 bits per heavy atom. The molecule has 0 bridgehead atoms. The molecule has 2 rings (SSSR count). The van der Waals surface area contributed by atoms with Crippen LogP contribution in [0, 0.1) is 0 Å². The van der Waals surface area contributed by atoms with E-state index in [0.29, 0.717) is 0 Å². The van der Waals surface area contributed by atoms with E-state index >= 15 is 0 Å². The summed E-state index contributed by atoms with van der Waals surface area (Å²) < 4.78 is 0.